The first-order valence-electron chi connectivity index (χ1n) is 6.63. The minimum Gasteiger partial charge on any atom is -0.462 e. The topological polar surface area (TPSA) is 44.1 Å². The number of halogens is 1. The van der Waals surface area contributed by atoms with Crippen molar-refractivity contribution >= 4 is 22.5 Å². The average Bonchev–Trinajstić information content (AvgIpc) is 2.92. The number of rotatable bonds is 1. The van der Waals surface area contributed by atoms with Gasteiger partial charge in [-0.25, -0.2) is 0 Å². The fourth-order valence-corrected chi connectivity index (χ4v) is 2.84. The summed E-state index contributed by atoms with van der Waals surface area (Å²) in [5, 5.41) is 1.10. The summed E-state index contributed by atoms with van der Waals surface area (Å²) in [7, 11) is 0. The van der Waals surface area contributed by atoms with Gasteiger partial charge in [-0.3, -0.25) is 9.36 Å². The van der Waals surface area contributed by atoms with Gasteiger partial charge in [0.05, 0.1) is 10.9 Å². The first-order valence-corrected chi connectivity index (χ1v) is 7.01. The molecule has 104 valence electrons. The van der Waals surface area contributed by atoms with Crippen LogP contribution in [0.4, 0.5) is 0 Å². The van der Waals surface area contributed by atoms with Gasteiger partial charge < -0.3 is 4.74 Å². The van der Waals surface area contributed by atoms with Crippen molar-refractivity contribution in [1.82, 2.24) is 9.55 Å². The number of hydrogen-bond acceptors (Lipinski definition) is 3. The van der Waals surface area contributed by atoms with E-state index in [2.05, 4.69) is 4.98 Å². The Kier molecular flexibility index (Phi) is 2.72. The van der Waals surface area contributed by atoms with Crippen LogP contribution in [0.5, 0.6) is 6.01 Å². The molecule has 2 aromatic carbocycles. The molecule has 4 nitrogen and oxygen atoms in total. The summed E-state index contributed by atoms with van der Waals surface area (Å²) in [6.07, 6.45) is 0. The number of ether oxygens (including phenoxy) is 1. The Morgan fingerprint density at radius 3 is 2.81 bits per heavy atom. The standard InChI is InChI=1S/C16H11ClN2O2/c17-11-6-7-12-13(8-11)18-16-19(15(12)20)14(9-21-16)10-4-2-1-3-5-10/h1-8,14H,9H2. The molecule has 21 heavy (non-hydrogen) atoms. The third kappa shape index (κ3) is 1.91. The molecule has 5 heteroatoms. The molecule has 0 saturated heterocycles. The minimum atomic E-state index is -0.138. The molecule has 0 amide bonds. The molecule has 1 aromatic heterocycles. The highest BCUT2D eigenvalue weighted by Crippen LogP contribution is 2.29. The minimum absolute atomic E-state index is 0.0991. The molecule has 3 aromatic rings. The van der Waals surface area contributed by atoms with Crippen LogP contribution in [0.15, 0.2) is 53.3 Å². The van der Waals surface area contributed by atoms with Crippen LogP contribution in [0.1, 0.15) is 11.6 Å². The summed E-state index contributed by atoms with van der Waals surface area (Å²) in [5.41, 5.74) is 1.50. The van der Waals surface area contributed by atoms with Crippen molar-refractivity contribution in [2.24, 2.45) is 0 Å². The number of nitrogens with zero attached hydrogens (tertiary/aromatic N) is 2. The maximum atomic E-state index is 12.7. The van der Waals surface area contributed by atoms with E-state index in [-0.39, 0.29) is 11.6 Å². The zero-order valence-corrected chi connectivity index (χ0v) is 11.7. The molecular weight excluding hydrogens is 288 g/mol. The summed E-state index contributed by atoms with van der Waals surface area (Å²) in [5.74, 6) is 0. The zero-order valence-electron chi connectivity index (χ0n) is 11.0. The van der Waals surface area contributed by atoms with Crippen LogP contribution in [-0.4, -0.2) is 16.2 Å². The maximum absolute atomic E-state index is 12.7. The number of aromatic nitrogens is 2. The lowest BCUT2D eigenvalue weighted by Gasteiger charge is -2.11. The number of fused-ring (bicyclic) bond motifs is 2. The Morgan fingerprint density at radius 1 is 1.19 bits per heavy atom. The van der Waals surface area contributed by atoms with Crippen LogP contribution < -0.4 is 10.3 Å². The molecule has 0 aliphatic carbocycles. The van der Waals surface area contributed by atoms with Crippen LogP contribution in [0, 0.1) is 0 Å². The lowest BCUT2D eigenvalue weighted by molar-refractivity contribution is 0.333. The molecule has 1 aliphatic heterocycles. The van der Waals surface area contributed by atoms with Gasteiger partial charge in [0.1, 0.15) is 12.6 Å². The summed E-state index contributed by atoms with van der Waals surface area (Å²) < 4.78 is 7.22. The highest BCUT2D eigenvalue weighted by Gasteiger charge is 2.28. The van der Waals surface area contributed by atoms with E-state index in [0.29, 0.717) is 28.5 Å². The van der Waals surface area contributed by atoms with Gasteiger partial charge in [0.15, 0.2) is 0 Å². The first-order chi connectivity index (χ1) is 10.2. The molecule has 0 spiro atoms. The van der Waals surface area contributed by atoms with Crippen LogP contribution in [-0.2, 0) is 0 Å². The third-order valence-electron chi connectivity index (χ3n) is 3.70. The molecule has 1 aliphatic rings. The molecule has 1 unspecified atom stereocenters. The molecule has 0 N–H and O–H groups in total. The molecule has 0 radical (unpaired) electrons. The quantitative estimate of drug-likeness (QED) is 0.693. The van der Waals surface area contributed by atoms with Gasteiger partial charge in [-0.1, -0.05) is 41.9 Å². The second-order valence-corrected chi connectivity index (χ2v) is 5.40. The molecule has 0 fully saturated rings. The lowest BCUT2D eigenvalue weighted by atomic mass is 10.1. The van der Waals surface area contributed by atoms with E-state index >= 15 is 0 Å². The largest absolute Gasteiger partial charge is 0.462 e. The van der Waals surface area contributed by atoms with E-state index < -0.39 is 0 Å². The van der Waals surface area contributed by atoms with E-state index in [0.717, 1.165) is 5.56 Å². The summed E-state index contributed by atoms with van der Waals surface area (Å²) in [6.45, 7) is 0.413. The van der Waals surface area contributed by atoms with E-state index in [1.807, 2.05) is 30.3 Å². The Labute approximate surface area is 125 Å². The van der Waals surface area contributed by atoms with Crippen molar-refractivity contribution in [3.63, 3.8) is 0 Å². The molecule has 4 rings (SSSR count). The second kappa shape index (κ2) is 4.60. The number of benzene rings is 2. The predicted octanol–water partition coefficient (Wildman–Crippen LogP) is 3.03. The Bertz CT molecular complexity index is 890. The van der Waals surface area contributed by atoms with Crippen molar-refractivity contribution in [2.45, 2.75) is 6.04 Å². The van der Waals surface area contributed by atoms with E-state index in [4.69, 9.17) is 16.3 Å². The number of hydrogen-bond donors (Lipinski definition) is 0. The normalized spacial score (nSPS) is 16.7. The Morgan fingerprint density at radius 2 is 2.00 bits per heavy atom. The van der Waals surface area contributed by atoms with Crippen molar-refractivity contribution in [1.29, 1.82) is 0 Å². The fraction of sp³-hybridized carbons (Fsp3) is 0.125. The van der Waals surface area contributed by atoms with Gasteiger partial charge in [-0.2, -0.15) is 4.98 Å². The lowest BCUT2D eigenvalue weighted by Crippen LogP contribution is -2.23. The van der Waals surface area contributed by atoms with E-state index in [1.165, 1.54) is 0 Å². The van der Waals surface area contributed by atoms with Gasteiger partial charge in [0, 0.05) is 5.02 Å². The molecular formula is C16H11ClN2O2. The highest BCUT2D eigenvalue weighted by molar-refractivity contribution is 6.31. The average molecular weight is 299 g/mol. The first kappa shape index (κ1) is 12.4. The fourth-order valence-electron chi connectivity index (χ4n) is 2.68. The van der Waals surface area contributed by atoms with Crippen LogP contribution >= 0.6 is 11.6 Å². The predicted molar refractivity (Wildman–Crippen MR) is 81.1 cm³/mol. The maximum Gasteiger partial charge on any atom is 0.300 e. The van der Waals surface area contributed by atoms with Crippen LogP contribution in [0.25, 0.3) is 10.9 Å². The van der Waals surface area contributed by atoms with E-state index in [9.17, 15) is 4.79 Å². The molecule has 2 heterocycles. The summed E-state index contributed by atoms with van der Waals surface area (Å²) >= 11 is 5.96. The van der Waals surface area contributed by atoms with Gasteiger partial charge in [0.2, 0.25) is 0 Å². The van der Waals surface area contributed by atoms with Crippen molar-refractivity contribution in [3.8, 4) is 6.01 Å². The molecule has 0 bridgehead atoms. The van der Waals surface area contributed by atoms with Crippen molar-refractivity contribution in [3.05, 3.63) is 69.5 Å². The second-order valence-electron chi connectivity index (χ2n) is 4.97. The smallest absolute Gasteiger partial charge is 0.300 e. The molecule has 0 saturated carbocycles. The van der Waals surface area contributed by atoms with Gasteiger partial charge >= 0.3 is 6.01 Å². The summed E-state index contributed by atoms with van der Waals surface area (Å²) in [6, 6.07) is 15.1. The van der Waals surface area contributed by atoms with Gasteiger partial charge in [0.25, 0.3) is 5.56 Å². The third-order valence-corrected chi connectivity index (χ3v) is 3.93. The monoisotopic (exact) mass is 298 g/mol. The van der Waals surface area contributed by atoms with Crippen LogP contribution in [0.3, 0.4) is 0 Å². The van der Waals surface area contributed by atoms with Crippen molar-refractivity contribution < 1.29 is 4.74 Å². The van der Waals surface area contributed by atoms with Crippen molar-refractivity contribution in [2.75, 3.05) is 6.61 Å². The Balaban J connectivity index is 1.97. The molecule has 1 atom stereocenters. The van der Waals surface area contributed by atoms with Crippen LogP contribution in [0.2, 0.25) is 5.02 Å². The van der Waals surface area contributed by atoms with Gasteiger partial charge in [-0.05, 0) is 23.8 Å². The van der Waals surface area contributed by atoms with E-state index in [1.54, 1.807) is 22.8 Å². The van der Waals surface area contributed by atoms with Gasteiger partial charge in [-0.15, -0.1) is 0 Å². The summed E-state index contributed by atoms with van der Waals surface area (Å²) in [4.78, 5) is 17.1. The highest BCUT2D eigenvalue weighted by atomic mass is 35.5. The SMILES string of the molecule is O=c1c2ccc(Cl)cc2nc2n1C(c1ccccc1)CO2. The zero-order chi connectivity index (χ0) is 14.4. The Hall–Kier alpha value is -2.33.